The van der Waals surface area contributed by atoms with E-state index in [4.69, 9.17) is 17.3 Å². The molecule has 84 valence electrons. The van der Waals surface area contributed by atoms with E-state index >= 15 is 0 Å². The van der Waals surface area contributed by atoms with E-state index in [1.165, 1.54) is 6.92 Å². The number of nitrogens with two attached hydrogens (primary N) is 1. The maximum Gasteiger partial charge on any atom is 0.221 e. The average Bonchev–Trinajstić information content (AvgIpc) is 2.17. The lowest BCUT2D eigenvalue weighted by atomic mass is 10.2. The Morgan fingerprint density at radius 3 is 2.40 bits per heavy atom. The molecule has 0 aliphatic carbocycles. The predicted molar refractivity (Wildman–Crippen MR) is 66.3 cm³/mol. The standard InChI is InChI=1S/C9H11ClN2O.C2H6/c1-5-3-7(10)9(4-8(5)11)12-6(2)13;1-2/h3-4H,11H2,1-2H3,(H,12,13);1-2H3. The van der Waals surface area contributed by atoms with E-state index in [0.29, 0.717) is 16.4 Å². The van der Waals surface area contributed by atoms with Crippen LogP contribution in [0.15, 0.2) is 12.1 Å². The molecule has 0 heterocycles. The molecule has 0 saturated carbocycles. The van der Waals surface area contributed by atoms with Crippen LogP contribution < -0.4 is 11.1 Å². The molecule has 0 aliphatic rings. The van der Waals surface area contributed by atoms with Crippen LogP contribution in [0.5, 0.6) is 0 Å². The van der Waals surface area contributed by atoms with Gasteiger partial charge in [0, 0.05) is 12.6 Å². The van der Waals surface area contributed by atoms with Crippen LogP contribution in [0, 0.1) is 6.92 Å². The number of hydrogen-bond acceptors (Lipinski definition) is 2. The second kappa shape index (κ2) is 6.30. The Bertz CT molecular complexity index is 351. The summed E-state index contributed by atoms with van der Waals surface area (Å²) in [5.41, 5.74) is 7.73. The molecule has 0 unspecified atom stereocenters. The maximum atomic E-state index is 10.8. The quantitative estimate of drug-likeness (QED) is 0.726. The number of amides is 1. The lowest BCUT2D eigenvalue weighted by Gasteiger charge is -2.07. The van der Waals surface area contributed by atoms with Crippen molar-refractivity contribution < 1.29 is 4.79 Å². The third-order valence-electron chi connectivity index (χ3n) is 1.67. The largest absolute Gasteiger partial charge is 0.398 e. The van der Waals surface area contributed by atoms with E-state index in [2.05, 4.69) is 5.32 Å². The molecule has 0 radical (unpaired) electrons. The summed E-state index contributed by atoms with van der Waals surface area (Å²) >= 11 is 5.88. The van der Waals surface area contributed by atoms with E-state index in [0.717, 1.165) is 5.56 Å². The highest BCUT2D eigenvalue weighted by Gasteiger charge is 2.04. The van der Waals surface area contributed by atoms with Crippen LogP contribution in [0.25, 0.3) is 0 Å². The number of nitrogens with one attached hydrogen (secondary N) is 1. The lowest BCUT2D eigenvalue weighted by molar-refractivity contribution is -0.114. The molecule has 1 rings (SSSR count). The van der Waals surface area contributed by atoms with Crippen molar-refractivity contribution in [2.45, 2.75) is 27.7 Å². The van der Waals surface area contributed by atoms with Gasteiger partial charge in [0.1, 0.15) is 0 Å². The first-order valence-electron chi connectivity index (χ1n) is 4.84. The minimum Gasteiger partial charge on any atom is -0.398 e. The van der Waals surface area contributed by atoms with Crippen molar-refractivity contribution in [1.29, 1.82) is 0 Å². The number of anilines is 2. The van der Waals surface area contributed by atoms with Crippen molar-refractivity contribution in [1.82, 2.24) is 0 Å². The van der Waals surface area contributed by atoms with Crippen LogP contribution >= 0.6 is 11.6 Å². The summed E-state index contributed by atoms with van der Waals surface area (Å²) in [6.45, 7) is 7.28. The lowest BCUT2D eigenvalue weighted by Crippen LogP contribution is -2.07. The number of hydrogen-bond donors (Lipinski definition) is 2. The number of carbonyl (C=O) groups is 1. The zero-order chi connectivity index (χ0) is 12.0. The van der Waals surface area contributed by atoms with E-state index in [9.17, 15) is 4.79 Å². The fourth-order valence-electron chi connectivity index (χ4n) is 0.975. The molecule has 0 atom stereocenters. The summed E-state index contributed by atoms with van der Waals surface area (Å²) < 4.78 is 0. The zero-order valence-electron chi connectivity index (χ0n) is 9.52. The molecule has 1 aromatic carbocycles. The van der Waals surface area contributed by atoms with E-state index in [1.54, 1.807) is 12.1 Å². The number of benzene rings is 1. The molecule has 0 bridgehead atoms. The number of halogens is 1. The third-order valence-corrected chi connectivity index (χ3v) is 1.98. The first kappa shape index (κ1) is 13.8. The number of aryl methyl sites for hydroxylation is 1. The molecule has 0 aliphatic heterocycles. The minimum absolute atomic E-state index is 0.162. The van der Waals surface area contributed by atoms with Crippen molar-refractivity contribution in [3.8, 4) is 0 Å². The summed E-state index contributed by atoms with van der Waals surface area (Å²) in [5.74, 6) is -0.162. The summed E-state index contributed by atoms with van der Waals surface area (Å²) in [6.07, 6.45) is 0. The summed E-state index contributed by atoms with van der Waals surface area (Å²) in [4.78, 5) is 10.8. The Morgan fingerprint density at radius 2 is 1.93 bits per heavy atom. The molecule has 0 saturated heterocycles. The van der Waals surface area contributed by atoms with Gasteiger partial charge in [-0.25, -0.2) is 0 Å². The Labute approximate surface area is 95.6 Å². The van der Waals surface area contributed by atoms with Crippen LogP contribution in [0.1, 0.15) is 26.3 Å². The monoisotopic (exact) mass is 228 g/mol. The Hall–Kier alpha value is -1.22. The van der Waals surface area contributed by atoms with Crippen LogP contribution in [-0.2, 0) is 4.79 Å². The van der Waals surface area contributed by atoms with Gasteiger partial charge in [-0.05, 0) is 24.6 Å². The third kappa shape index (κ3) is 4.21. The molecule has 1 amide bonds. The molecule has 1 aromatic rings. The molecular weight excluding hydrogens is 212 g/mol. The number of nitrogen functional groups attached to an aromatic ring is 1. The highest BCUT2D eigenvalue weighted by molar-refractivity contribution is 6.33. The maximum absolute atomic E-state index is 10.8. The molecule has 0 spiro atoms. The summed E-state index contributed by atoms with van der Waals surface area (Å²) in [7, 11) is 0. The second-order valence-electron chi connectivity index (χ2n) is 2.87. The number of carbonyl (C=O) groups excluding carboxylic acids is 1. The molecule has 3 N–H and O–H groups in total. The zero-order valence-corrected chi connectivity index (χ0v) is 10.3. The van der Waals surface area contributed by atoms with E-state index < -0.39 is 0 Å². The van der Waals surface area contributed by atoms with Gasteiger partial charge in [-0.2, -0.15) is 0 Å². The predicted octanol–water partition coefficient (Wildman–Crippen LogP) is 3.22. The highest BCUT2D eigenvalue weighted by Crippen LogP contribution is 2.27. The number of rotatable bonds is 1. The normalized spacial score (nSPS) is 8.87. The Morgan fingerprint density at radius 1 is 1.40 bits per heavy atom. The second-order valence-corrected chi connectivity index (χ2v) is 3.28. The van der Waals surface area contributed by atoms with E-state index in [1.807, 2.05) is 20.8 Å². The van der Waals surface area contributed by atoms with Crippen LogP contribution in [-0.4, -0.2) is 5.91 Å². The van der Waals surface area contributed by atoms with Gasteiger partial charge in [0.25, 0.3) is 0 Å². The van der Waals surface area contributed by atoms with Gasteiger partial charge in [0.15, 0.2) is 0 Å². The van der Waals surface area contributed by atoms with Crippen molar-refractivity contribution in [3.05, 3.63) is 22.7 Å². The van der Waals surface area contributed by atoms with Gasteiger partial charge >= 0.3 is 0 Å². The molecule has 4 heteroatoms. The molecule has 0 aromatic heterocycles. The van der Waals surface area contributed by atoms with Gasteiger partial charge < -0.3 is 11.1 Å². The summed E-state index contributed by atoms with van der Waals surface area (Å²) in [6, 6.07) is 3.38. The smallest absolute Gasteiger partial charge is 0.221 e. The first-order valence-corrected chi connectivity index (χ1v) is 5.21. The molecule has 15 heavy (non-hydrogen) atoms. The Kier molecular flexibility index (Phi) is 5.79. The van der Waals surface area contributed by atoms with Gasteiger partial charge in [0.2, 0.25) is 5.91 Å². The van der Waals surface area contributed by atoms with Crippen molar-refractivity contribution in [2.75, 3.05) is 11.1 Å². The highest BCUT2D eigenvalue weighted by atomic mass is 35.5. The van der Waals surface area contributed by atoms with Crippen molar-refractivity contribution in [2.24, 2.45) is 0 Å². The summed E-state index contributed by atoms with van der Waals surface area (Å²) in [5, 5.41) is 3.09. The topological polar surface area (TPSA) is 55.1 Å². The minimum atomic E-state index is -0.162. The Balaban J connectivity index is 0.000000921. The van der Waals surface area contributed by atoms with Crippen molar-refractivity contribution >= 4 is 28.9 Å². The average molecular weight is 229 g/mol. The van der Waals surface area contributed by atoms with Gasteiger partial charge in [0.05, 0.1) is 10.7 Å². The van der Waals surface area contributed by atoms with Gasteiger partial charge in [-0.1, -0.05) is 25.4 Å². The van der Waals surface area contributed by atoms with Gasteiger partial charge in [-0.3, -0.25) is 4.79 Å². The van der Waals surface area contributed by atoms with E-state index in [-0.39, 0.29) is 5.91 Å². The van der Waals surface area contributed by atoms with Crippen LogP contribution in [0.2, 0.25) is 5.02 Å². The molecule has 0 fully saturated rings. The first-order chi connectivity index (χ1) is 7.00. The SMILES string of the molecule is CC.CC(=O)Nc1cc(N)c(C)cc1Cl. The molecular formula is C11H17ClN2O. The van der Waals surface area contributed by atoms with Crippen LogP contribution in [0.3, 0.4) is 0 Å². The fraction of sp³-hybridized carbons (Fsp3) is 0.364. The molecule has 3 nitrogen and oxygen atoms in total. The van der Waals surface area contributed by atoms with Crippen molar-refractivity contribution in [3.63, 3.8) is 0 Å². The van der Waals surface area contributed by atoms with Gasteiger partial charge in [-0.15, -0.1) is 0 Å². The van der Waals surface area contributed by atoms with Crippen LogP contribution in [0.4, 0.5) is 11.4 Å². The fourth-order valence-corrected chi connectivity index (χ4v) is 1.24.